The number of carbonyl (C=O) groups excluding carboxylic acids is 1. The van der Waals surface area contributed by atoms with Crippen LogP contribution in [0.3, 0.4) is 0 Å². The Morgan fingerprint density at radius 3 is 2.73 bits per heavy atom. The lowest BCUT2D eigenvalue weighted by atomic mass is 9.45. The van der Waals surface area contributed by atoms with Crippen LogP contribution in [-0.4, -0.2) is 32.1 Å². The van der Waals surface area contributed by atoms with E-state index in [1.165, 1.54) is 44.9 Å². The number of ether oxygens (including phenoxy) is 1. The maximum absolute atomic E-state index is 12.5. The zero-order valence-electron chi connectivity index (χ0n) is 17.2. The van der Waals surface area contributed by atoms with Gasteiger partial charge in [-0.3, -0.25) is 4.79 Å². The van der Waals surface area contributed by atoms with E-state index in [2.05, 4.69) is 19.2 Å². The highest BCUT2D eigenvalue weighted by Gasteiger charge is 2.60. The Bertz CT molecular complexity index is 534. The molecule has 3 nitrogen and oxygen atoms in total. The number of Topliss-reactive ketones (excluding diaryl/α,β-unsaturated/α-hetero) is 1. The van der Waals surface area contributed by atoms with Gasteiger partial charge < -0.3 is 10.1 Å². The SMILES string of the molecule is CNCCCO[C@H]1CC[C@@]2(C)C(CCC3C2CC[C@]2(C)C(=O)CCC32)C1. The van der Waals surface area contributed by atoms with Crippen molar-refractivity contribution in [3.63, 3.8) is 0 Å². The molecule has 0 radical (unpaired) electrons. The summed E-state index contributed by atoms with van der Waals surface area (Å²) in [4.78, 5) is 12.5. The van der Waals surface area contributed by atoms with Crippen molar-refractivity contribution in [2.45, 2.75) is 84.2 Å². The van der Waals surface area contributed by atoms with E-state index in [1.807, 2.05) is 7.05 Å². The quantitative estimate of drug-likeness (QED) is 0.728. The fourth-order valence-electron chi connectivity index (χ4n) is 7.64. The van der Waals surface area contributed by atoms with Crippen molar-refractivity contribution in [2.24, 2.45) is 34.5 Å². The minimum atomic E-state index is 0.0258. The van der Waals surface area contributed by atoms with E-state index in [0.717, 1.165) is 50.2 Å². The summed E-state index contributed by atoms with van der Waals surface area (Å²) in [5.41, 5.74) is 0.526. The molecule has 0 heterocycles. The van der Waals surface area contributed by atoms with Crippen LogP contribution in [0.1, 0.15) is 78.1 Å². The van der Waals surface area contributed by atoms with Gasteiger partial charge in [0.1, 0.15) is 5.78 Å². The number of nitrogens with one attached hydrogen (secondary N) is 1. The van der Waals surface area contributed by atoms with E-state index < -0.39 is 0 Å². The van der Waals surface area contributed by atoms with Gasteiger partial charge in [0, 0.05) is 18.4 Å². The second kappa shape index (κ2) is 7.20. The first-order valence-electron chi connectivity index (χ1n) is 11.3. The zero-order chi connectivity index (χ0) is 18.4. The number of fused-ring (bicyclic) bond motifs is 5. The molecule has 0 aromatic carbocycles. The average molecular weight is 362 g/mol. The normalized spacial score (nSPS) is 48.0. The van der Waals surface area contributed by atoms with Gasteiger partial charge in [0.15, 0.2) is 0 Å². The second-order valence-corrected chi connectivity index (χ2v) is 10.3. The van der Waals surface area contributed by atoms with Crippen LogP contribution in [-0.2, 0) is 9.53 Å². The highest BCUT2D eigenvalue weighted by Crippen LogP contribution is 2.65. The number of rotatable bonds is 5. The molecule has 0 amide bonds. The maximum atomic E-state index is 12.5. The Balaban J connectivity index is 1.42. The first-order valence-corrected chi connectivity index (χ1v) is 11.3. The Morgan fingerprint density at radius 1 is 1.08 bits per heavy atom. The molecule has 0 spiro atoms. The van der Waals surface area contributed by atoms with E-state index in [9.17, 15) is 4.79 Å². The molecule has 7 atom stereocenters. The maximum Gasteiger partial charge on any atom is 0.139 e. The van der Waals surface area contributed by atoms with E-state index in [4.69, 9.17) is 4.74 Å². The number of hydrogen-bond donors (Lipinski definition) is 1. The summed E-state index contributed by atoms with van der Waals surface area (Å²) in [5, 5.41) is 3.21. The topological polar surface area (TPSA) is 38.3 Å². The molecule has 0 aliphatic heterocycles. The molecule has 148 valence electrons. The zero-order valence-corrected chi connectivity index (χ0v) is 17.2. The summed E-state index contributed by atoms with van der Waals surface area (Å²) in [6.07, 6.45) is 12.7. The Labute approximate surface area is 160 Å². The van der Waals surface area contributed by atoms with Crippen molar-refractivity contribution in [3.05, 3.63) is 0 Å². The highest BCUT2D eigenvalue weighted by atomic mass is 16.5. The first-order chi connectivity index (χ1) is 12.5. The fourth-order valence-corrected chi connectivity index (χ4v) is 7.64. The minimum absolute atomic E-state index is 0.0258. The largest absolute Gasteiger partial charge is 0.378 e. The molecule has 4 fully saturated rings. The van der Waals surface area contributed by atoms with Gasteiger partial charge in [-0.2, -0.15) is 0 Å². The lowest BCUT2D eigenvalue weighted by molar-refractivity contribution is -0.145. The average Bonchev–Trinajstić information content (AvgIpc) is 2.94. The van der Waals surface area contributed by atoms with Crippen molar-refractivity contribution in [1.82, 2.24) is 5.32 Å². The molecule has 3 heteroatoms. The summed E-state index contributed by atoms with van der Waals surface area (Å²) in [6, 6.07) is 0. The van der Waals surface area contributed by atoms with E-state index >= 15 is 0 Å². The number of carbonyl (C=O) groups is 1. The smallest absolute Gasteiger partial charge is 0.139 e. The molecule has 4 saturated carbocycles. The Morgan fingerprint density at radius 2 is 1.92 bits per heavy atom. The molecular formula is C23H39NO2. The van der Waals surface area contributed by atoms with Gasteiger partial charge in [0.2, 0.25) is 0 Å². The summed E-state index contributed by atoms with van der Waals surface area (Å²) < 4.78 is 6.23. The predicted molar refractivity (Wildman–Crippen MR) is 105 cm³/mol. The molecule has 4 rings (SSSR count). The molecule has 4 unspecified atom stereocenters. The summed E-state index contributed by atoms with van der Waals surface area (Å²) in [5.74, 6) is 3.77. The van der Waals surface area contributed by atoms with Crippen molar-refractivity contribution < 1.29 is 9.53 Å². The van der Waals surface area contributed by atoms with Crippen molar-refractivity contribution in [1.29, 1.82) is 0 Å². The minimum Gasteiger partial charge on any atom is -0.378 e. The van der Waals surface area contributed by atoms with Gasteiger partial charge >= 0.3 is 0 Å². The predicted octanol–water partition coefficient (Wildman–Crippen LogP) is 4.59. The molecule has 4 aliphatic carbocycles. The summed E-state index contributed by atoms with van der Waals surface area (Å²) in [7, 11) is 2.01. The molecule has 0 aromatic rings. The van der Waals surface area contributed by atoms with E-state index in [1.54, 1.807) is 0 Å². The number of hydrogen-bond acceptors (Lipinski definition) is 3. The van der Waals surface area contributed by atoms with Gasteiger partial charge in [-0.15, -0.1) is 0 Å². The molecule has 0 aromatic heterocycles. The van der Waals surface area contributed by atoms with E-state index in [0.29, 0.717) is 23.2 Å². The standard InChI is InChI=1S/C23H39NO2/c1-22-11-9-17(26-14-4-13-24-3)15-16(22)5-6-18-19-7-8-21(25)23(19,2)12-10-20(18)22/h16-20,24H,4-15H2,1-3H3/t16?,17-,18?,19?,20?,22-,23-/m0/s1. The van der Waals surface area contributed by atoms with Gasteiger partial charge in [-0.05, 0) is 100 Å². The first kappa shape index (κ1) is 18.9. The Hall–Kier alpha value is -0.410. The van der Waals surface area contributed by atoms with Crippen LogP contribution in [0.5, 0.6) is 0 Å². The third kappa shape index (κ3) is 2.98. The molecule has 0 bridgehead atoms. The molecule has 0 saturated heterocycles. The fraction of sp³-hybridized carbons (Fsp3) is 0.957. The third-order valence-corrected chi connectivity index (χ3v) is 9.25. The monoisotopic (exact) mass is 361 g/mol. The third-order valence-electron chi connectivity index (χ3n) is 9.25. The van der Waals surface area contributed by atoms with Gasteiger partial charge in [0.25, 0.3) is 0 Å². The van der Waals surface area contributed by atoms with Crippen LogP contribution in [0.25, 0.3) is 0 Å². The van der Waals surface area contributed by atoms with Crippen LogP contribution in [0, 0.1) is 34.5 Å². The van der Waals surface area contributed by atoms with Crippen LogP contribution in [0.4, 0.5) is 0 Å². The van der Waals surface area contributed by atoms with E-state index in [-0.39, 0.29) is 5.41 Å². The lowest BCUT2D eigenvalue weighted by Crippen LogP contribution is -2.54. The summed E-state index contributed by atoms with van der Waals surface area (Å²) >= 11 is 0. The van der Waals surface area contributed by atoms with Crippen molar-refractivity contribution in [3.8, 4) is 0 Å². The van der Waals surface area contributed by atoms with Crippen LogP contribution in [0.15, 0.2) is 0 Å². The molecule has 4 aliphatic rings. The van der Waals surface area contributed by atoms with Gasteiger partial charge in [-0.25, -0.2) is 0 Å². The van der Waals surface area contributed by atoms with Gasteiger partial charge in [0.05, 0.1) is 6.10 Å². The molecule has 1 N–H and O–H groups in total. The summed E-state index contributed by atoms with van der Waals surface area (Å²) in [6.45, 7) is 6.86. The van der Waals surface area contributed by atoms with Gasteiger partial charge in [-0.1, -0.05) is 13.8 Å². The number of ketones is 1. The lowest BCUT2D eigenvalue weighted by Gasteiger charge is -2.60. The highest BCUT2D eigenvalue weighted by molar-refractivity contribution is 5.87. The van der Waals surface area contributed by atoms with Crippen LogP contribution in [0.2, 0.25) is 0 Å². The molecular weight excluding hydrogens is 322 g/mol. The van der Waals surface area contributed by atoms with Crippen molar-refractivity contribution >= 4 is 5.78 Å². The van der Waals surface area contributed by atoms with Crippen LogP contribution < -0.4 is 5.32 Å². The van der Waals surface area contributed by atoms with Crippen molar-refractivity contribution in [2.75, 3.05) is 20.2 Å². The Kier molecular flexibility index (Phi) is 5.24. The molecule has 26 heavy (non-hydrogen) atoms. The van der Waals surface area contributed by atoms with Crippen LogP contribution >= 0.6 is 0 Å². The second-order valence-electron chi connectivity index (χ2n) is 10.3.